The fraction of sp³-hybridized carbons (Fsp3) is 0.833. The molecule has 6 fully saturated rings. The van der Waals surface area contributed by atoms with Crippen molar-refractivity contribution in [3.8, 4) is 0 Å². The molecule has 4 aliphatic carbocycles. The molecule has 0 aromatic rings. The summed E-state index contributed by atoms with van der Waals surface area (Å²) >= 11 is 0. The van der Waals surface area contributed by atoms with Crippen molar-refractivity contribution in [1.82, 2.24) is 26.6 Å². The van der Waals surface area contributed by atoms with Crippen molar-refractivity contribution in [3.63, 3.8) is 0 Å². The third-order valence-electron chi connectivity index (χ3n) is 13.3. The Bertz CT molecular complexity index is 1460. The smallest absolute Gasteiger partial charge is 0.264 e. The number of allylic oxidation sites excluding steroid dienone is 1. The maximum absolute atomic E-state index is 14.2. The van der Waals surface area contributed by atoms with E-state index in [0.717, 1.165) is 50.9 Å². The highest BCUT2D eigenvalue weighted by molar-refractivity contribution is 7.85. The molecule has 6 aliphatic rings. The molecule has 6 rings (SSSR count). The Morgan fingerprint density at radius 2 is 1.42 bits per heavy atom. The van der Waals surface area contributed by atoms with Crippen LogP contribution in [0.3, 0.4) is 0 Å². The monoisotopic (exact) mass is 819 g/mol. The van der Waals surface area contributed by atoms with Gasteiger partial charge in [-0.25, -0.2) is 0 Å². The highest BCUT2D eigenvalue weighted by atomic mass is 32.2. The largest absolute Gasteiger partial charge is 0.368 e. The third-order valence-corrected chi connectivity index (χ3v) is 14.1. The average molecular weight is 820 g/mol. The van der Waals surface area contributed by atoms with Gasteiger partial charge in [0.25, 0.3) is 10.1 Å². The van der Waals surface area contributed by atoms with Gasteiger partial charge in [0.05, 0.1) is 18.4 Å². The summed E-state index contributed by atoms with van der Waals surface area (Å²) in [6.07, 6.45) is 24.1. The minimum Gasteiger partial charge on any atom is -0.368 e. The first-order valence-electron chi connectivity index (χ1n) is 22.1. The van der Waals surface area contributed by atoms with E-state index in [9.17, 15) is 32.4 Å². The van der Waals surface area contributed by atoms with Gasteiger partial charge in [0.15, 0.2) is 0 Å². The lowest BCUT2D eigenvalue weighted by atomic mass is 9.70. The molecule has 3 atom stereocenters. The average Bonchev–Trinajstić information content (AvgIpc) is 3.20. The Hall–Kier alpha value is -3.04. The number of amides is 5. The van der Waals surface area contributed by atoms with Gasteiger partial charge in [-0.1, -0.05) is 89.2 Å². The molecule has 0 radical (unpaired) electrons. The van der Waals surface area contributed by atoms with Crippen LogP contribution in [0.2, 0.25) is 0 Å². The number of nitrogens with one attached hydrogen (secondary N) is 5. The minimum absolute atomic E-state index is 0.000802. The van der Waals surface area contributed by atoms with E-state index in [2.05, 4.69) is 26.6 Å². The van der Waals surface area contributed by atoms with Gasteiger partial charge in [0.1, 0.15) is 24.7 Å². The molecule has 2 bridgehead atoms. The summed E-state index contributed by atoms with van der Waals surface area (Å²) in [6, 6.07) is -3.04. The lowest BCUT2D eigenvalue weighted by Gasteiger charge is -2.36. The van der Waals surface area contributed by atoms with Crippen LogP contribution in [0.15, 0.2) is 12.2 Å². The maximum atomic E-state index is 14.2. The Morgan fingerprint density at radius 1 is 0.754 bits per heavy atom. The molecule has 15 heteroatoms. The fourth-order valence-corrected chi connectivity index (χ4v) is 10.5. The molecule has 57 heavy (non-hydrogen) atoms. The molecule has 14 nitrogen and oxygen atoms in total. The van der Waals surface area contributed by atoms with E-state index in [1.165, 1.54) is 51.4 Å². The zero-order valence-corrected chi connectivity index (χ0v) is 34.7. The fourth-order valence-electron chi connectivity index (χ4n) is 9.97. The molecule has 4 saturated carbocycles. The highest BCUT2D eigenvalue weighted by Crippen LogP contribution is 2.41. The van der Waals surface area contributed by atoms with Crippen molar-refractivity contribution < 1.29 is 41.7 Å². The van der Waals surface area contributed by atoms with Crippen LogP contribution in [0.4, 0.5) is 0 Å². The summed E-state index contributed by atoms with van der Waals surface area (Å²) in [7, 11) is -4.20. The van der Waals surface area contributed by atoms with Crippen molar-refractivity contribution in [2.45, 2.75) is 165 Å². The second-order valence-corrected chi connectivity index (χ2v) is 19.2. The Balaban J connectivity index is 1.34. The van der Waals surface area contributed by atoms with Crippen molar-refractivity contribution in [2.24, 2.45) is 29.6 Å². The SMILES string of the molecule is O=C1COC2CCC(CC2)CC(C(=O)NCCCS(=O)(=O)O)NC(=O)C(C=CCC2CCCCC2)NC(=O)C(CC2CCC(C3CCCCC3)CC2)NC(=O)CN1. The van der Waals surface area contributed by atoms with Gasteiger partial charge in [-0.3, -0.25) is 28.5 Å². The number of ether oxygens (including phenoxy) is 1. The van der Waals surface area contributed by atoms with E-state index in [0.29, 0.717) is 50.4 Å². The second-order valence-electron chi connectivity index (χ2n) is 17.6. The first-order valence-corrected chi connectivity index (χ1v) is 23.7. The summed E-state index contributed by atoms with van der Waals surface area (Å²) < 4.78 is 37.6. The second kappa shape index (κ2) is 22.9. The first kappa shape index (κ1) is 45.1. The Labute approximate surface area is 339 Å². The summed E-state index contributed by atoms with van der Waals surface area (Å²) in [6.45, 7) is -0.519. The molecule has 6 N–H and O–H groups in total. The molecule has 0 spiro atoms. The summed E-state index contributed by atoms with van der Waals surface area (Å²) in [5.74, 6) is -0.740. The van der Waals surface area contributed by atoms with Crippen molar-refractivity contribution in [3.05, 3.63) is 12.2 Å². The summed E-state index contributed by atoms with van der Waals surface area (Å²) in [5.41, 5.74) is 0. The number of fused-ring (bicyclic) bond motifs is 16. The predicted octanol–water partition coefficient (Wildman–Crippen LogP) is 4.23. The zero-order chi connectivity index (χ0) is 40.6. The molecule has 5 amide bonds. The number of hydrogen-bond acceptors (Lipinski definition) is 8. The van der Waals surface area contributed by atoms with Crippen LogP contribution in [0, 0.1) is 29.6 Å². The van der Waals surface area contributed by atoms with Gasteiger partial charge in [-0.05, 0) is 93.8 Å². The number of carbonyl (C=O) groups is 5. The van der Waals surface area contributed by atoms with Crippen LogP contribution in [0.1, 0.15) is 141 Å². The van der Waals surface area contributed by atoms with Crippen molar-refractivity contribution in [1.29, 1.82) is 0 Å². The topological polar surface area (TPSA) is 209 Å². The van der Waals surface area contributed by atoms with Gasteiger partial charge >= 0.3 is 0 Å². The van der Waals surface area contributed by atoms with Crippen LogP contribution >= 0.6 is 0 Å². The van der Waals surface area contributed by atoms with E-state index >= 15 is 0 Å². The van der Waals surface area contributed by atoms with Gasteiger partial charge < -0.3 is 31.3 Å². The van der Waals surface area contributed by atoms with Crippen molar-refractivity contribution in [2.75, 3.05) is 25.4 Å². The number of rotatable bonds is 11. The first-order chi connectivity index (χ1) is 27.4. The molecular formula is C42H69N5O9S. The third kappa shape index (κ3) is 15.9. The lowest BCUT2D eigenvalue weighted by molar-refractivity contribution is -0.133. The van der Waals surface area contributed by atoms with Crippen LogP contribution in [-0.4, -0.2) is 92.2 Å². The van der Waals surface area contributed by atoms with E-state index in [-0.39, 0.29) is 44.1 Å². The zero-order valence-electron chi connectivity index (χ0n) is 33.9. The highest BCUT2D eigenvalue weighted by Gasteiger charge is 2.35. The lowest BCUT2D eigenvalue weighted by Crippen LogP contribution is -2.57. The van der Waals surface area contributed by atoms with Crippen LogP contribution in [0.5, 0.6) is 0 Å². The molecule has 3 unspecified atom stereocenters. The number of carbonyl (C=O) groups excluding carboxylic acids is 5. The summed E-state index contributed by atoms with van der Waals surface area (Å²) in [5, 5.41) is 14.1. The Kier molecular flexibility index (Phi) is 18.1. The quantitative estimate of drug-likeness (QED) is 0.0762. The summed E-state index contributed by atoms with van der Waals surface area (Å²) in [4.78, 5) is 68.1. The Morgan fingerprint density at radius 3 is 2.11 bits per heavy atom. The van der Waals surface area contributed by atoms with Gasteiger partial charge in [-0.15, -0.1) is 0 Å². The molecule has 2 saturated heterocycles. The maximum Gasteiger partial charge on any atom is 0.264 e. The van der Waals surface area contributed by atoms with Crippen LogP contribution < -0.4 is 26.6 Å². The molecule has 2 heterocycles. The minimum atomic E-state index is -4.20. The normalized spacial score (nSPS) is 31.3. The van der Waals surface area contributed by atoms with E-state index < -0.39 is 63.5 Å². The van der Waals surface area contributed by atoms with Crippen LogP contribution in [-0.2, 0) is 38.8 Å². The van der Waals surface area contributed by atoms with E-state index in [1.54, 1.807) is 6.08 Å². The number of hydrogen-bond donors (Lipinski definition) is 6. The molecule has 2 aliphatic heterocycles. The van der Waals surface area contributed by atoms with Gasteiger partial charge in [0, 0.05) is 6.54 Å². The molecule has 0 aromatic heterocycles. The van der Waals surface area contributed by atoms with Crippen molar-refractivity contribution >= 4 is 39.7 Å². The van der Waals surface area contributed by atoms with E-state index in [4.69, 9.17) is 9.29 Å². The van der Waals surface area contributed by atoms with Gasteiger partial charge in [0.2, 0.25) is 29.5 Å². The molecular weight excluding hydrogens is 751 g/mol. The molecule has 322 valence electrons. The standard InChI is InChI=1S/C42H69N5O9S/c48-38-27-44-39(49)28-56-34-21-17-31(18-22-34)25-36(40(50)43-23-8-24-57(53,54)55)47-41(51)35(14-7-11-29-9-3-1-4-10-29)46-42(52)37(45-38)26-30-15-19-33(20-16-30)32-12-5-2-6-13-32/h7,14,29-37H,1-6,8-13,15-28H2,(H,43,50)(H,44,49)(H,45,48)(H,46,52)(H,47,51)(H,53,54,55). The van der Waals surface area contributed by atoms with Crippen LogP contribution in [0.25, 0.3) is 0 Å². The van der Waals surface area contributed by atoms with Gasteiger partial charge in [-0.2, -0.15) is 8.42 Å². The predicted molar refractivity (Wildman–Crippen MR) is 216 cm³/mol. The molecule has 0 aromatic carbocycles. The van der Waals surface area contributed by atoms with E-state index in [1.807, 2.05) is 6.08 Å².